The highest BCUT2D eigenvalue weighted by Gasteiger charge is 2.10. The van der Waals surface area contributed by atoms with Crippen LogP contribution in [0.3, 0.4) is 0 Å². The number of benzene rings is 1. The van der Waals surface area contributed by atoms with Crippen LogP contribution < -0.4 is 0 Å². The van der Waals surface area contributed by atoms with Crippen molar-refractivity contribution in [2.75, 3.05) is 13.2 Å². The highest BCUT2D eigenvalue weighted by atomic mass is 16.7. The van der Waals surface area contributed by atoms with Gasteiger partial charge in [0.05, 0.1) is 19.8 Å². The van der Waals surface area contributed by atoms with Gasteiger partial charge in [0.2, 0.25) is 0 Å². The van der Waals surface area contributed by atoms with E-state index in [1.165, 1.54) is 30.4 Å². The van der Waals surface area contributed by atoms with Crippen LogP contribution in [0.1, 0.15) is 50.2 Å². The second-order valence-corrected chi connectivity index (χ2v) is 5.32. The molecular formula is C17H26NO2. The summed E-state index contributed by atoms with van der Waals surface area (Å²) in [5.74, 6) is 0. The molecule has 1 radical (unpaired) electrons. The molecule has 0 spiro atoms. The SMILES string of the molecule is CCCCOCc1ccc(CON2[CH]CCCC2)cc1. The number of rotatable bonds is 8. The first kappa shape index (κ1) is 15.5. The molecule has 0 amide bonds. The van der Waals surface area contributed by atoms with Crippen LogP contribution >= 0.6 is 0 Å². The molecule has 111 valence electrons. The fourth-order valence-electron chi connectivity index (χ4n) is 2.18. The van der Waals surface area contributed by atoms with E-state index < -0.39 is 0 Å². The summed E-state index contributed by atoms with van der Waals surface area (Å²) in [5.41, 5.74) is 2.44. The molecule has 1 aliphatic heterocycles. The van der Waals surface area contributed by atoms with Crippen molar-refractivity contribution in [3.63, 3.8) is 0 Å². The van der Waals surface area contributed by atoms with Crippen LogP contribution in [-0.4, -0.2) is 18.2 Å². The van der Waals surface area contributed by atoms with Crippen LogP contribution in [0.15, 0.2) is 24.3 Å². The zero-order valence-corrected chi connectivity index (χ0v) is 12.5. The Bertz CT molecular complexity index is 358. The van der Waals surface area contributed by atoms with Gasteiger partial charge in [0, 0.05) is 13.2 Å². The van der Waals surface area contributed by atoms with E-state index >= 15 is 0 Å². The van der Waals surface area contributed by atoms with E-state index in [-0.39, 0.29) is 0 Å². The maximum atomic E-state index is 5.77. The Morgan fingerprint density at radius 2 is 1.80 bits per heavy atom. The lowest BCUT2D eigenvalue weighted by atomic mass is 10.1. The first-order valence-corrected chi connectivity index (χ1v) is 7.77. The van der Waals surface area contributed by atoms with Gasteiger partial charge in [-0.1, -0.05) is 44.0 Å². The van der Waals surface area contributed by atoms with E-state index in [0.29, 0.717) is 13.2 Å². The van der Waals surface area contributed by atoms with Crippen LogP contribution in [0.2, 0.25) is 0 Å². The predicted molar refractivity (Wildman–Crippen MR) is 80.7 cm³/mol. The molecule has 0 unspecified atom stereocenters. The van der Waals surface area contributed by atoms with Crippen LogP contribution in [0.5, 0.6) is 0 Å². The Balaban J connectivity index is 1.68. The van der Waals surface area contributed by atoms with Gasteiger partial charge in [0.15, 0.2) is 0 Å². The van der Waals surface area contributed by atoms with E-state index in [0.717, 1.165) is 26.0 Å². The summed E-state index contributed by atoms with van der Waals surface area (Å²) < 4.78 is 5.61. The molecule has 0 bridgehead atoms. The summed E-state index contributed by atoms with van der Waals surface area (Å²) in [7, 11) is 0. The van der Waals surface area contributed by atoms with Gasteiger partial charge in [-0.15, -0.1) is 0 Å². The summed E-state index contributed by atoms with van der Waals surface area (Å²) in [5, 5.41) is 1.98. The Morgan fingerprint density at radius 3 is 2.45 bits per heavy atom. The third-order valence-electron chi connectivity index (χ3n) is 3.50. The van der Waals surface area contributed by atoms with Gasteiger partial charge < -0.3 is 4.74 Å². The Morgan fingerprint density at radius 1 is 1.05 bits per heavy atom. The molecule has 3 nitrogen and oxygen atoms in total. The molecule has 1 aromatic rings. The number of hydrogen-bond acceptors (Lipinski definition) is 3. The van der Waals surface area contributed by atoms with Gasteiger partial charge in [-0.2, -0.15) is 5.06 Å². The van der Waals surface area contributed by atoms with Crippen molar-refractivity contribution in [1.82, 2.24) is 5.06 Å². The minimum Gasteiger partial charge on any atom is -0.377 e. The molecule has 1 saturated heterocycles. The van der Waals surface area contributed by atoms with Gasteiger partial charge in [-0.3, -0.25) is 4.84 Å². The number of piperidine rings is 1. The van der Waals surface area contributed by atoms with Gasteiger partial charge >= 0.3 is 0 Å². The van der Waals surface area contributed by atoms with Gasteiger partial charge in [-0.05, 0) is 30.4 Å². The number of hydrogen-bond donors (Lipinski definition) is 0. The lowest BCUT2D eigenvalue weighted by Gasteiger charge is -2.25. The number of hydroxylamine groups is 2. The average molecular weight is 276 g/mol. The molecule has 1 aromatic carbocycles. The Labute approximate surface area is 122 Å². The molecule has 0 aliphatic carbocycles. The van der Waals surface area contributed by atoms with Crippen LogP contribution in [-0.2, 0) is 22.8 Å². The molecule has 3 heteroatoms. The van der Waals surface area contributed by atoms with Crippen molar-refractivity contribution in [3.8, 4) is 0 Å². The van der Waals surface area contributed by atoms with Crippen molar-refractivity contribution < 1.29 is 9.57 Å². The fourth-order valence-corrected chi connectivity index (χ4v) is 2.18. The minimum absolute atomic E-state index is 0.646. The van der Waals surface area contributed by atoms with Crippen LogP contribution in [0, 0.1) is 6.54 Å². The normalized spacial score (nSPS) is 16.4. The smallest absolute Gasteiger partial charge is 0.0936 e. The maximum Gasteiger partial charge on any atom is 0.0936 e. The molecule has 0 N–H and O–H groups in total. The van der Waals surface area contributed by atoms with Crippen LogP contribution in [0.4, 0.5) is 0 Å². The van der Waals surface area contributed by atoms with E-state index in [1.807, 2.05) is 5.06 Å². The third kappa shape index (κ3) is 5.61. The van der Waals surface area contributed by atoms with Crippen LogP contribution in [0.25, 0.3) is 0 Å². The second-order valence-electron chi connectivity index (χ2n) is 5.32. The van der Waals surface area contributed by atoms with Crippen molar-refractivity contribution in [2.24, 2.45) is 0 Å². The quantitative estimate of drug-likeness (QED) is 0.668. The van der Waals surface area contributed by atoms with E-state index in [1.54, 1.807) is 0 Å². The molecule has 1 fully saturated rings. The first-order valence-electron chi connectivity index (χ1n) is 7.77. The first-order chi connectivity index (χ1) is 9.88. The predicted octanol–water partition coefficient (Wildman–Crippen LogP) is 4.08. The second kappa shape index (κ2) is 9.11. The Kier molecular flexibility index (Phi) is 7.06. The molecule has 1 aliphatic rings. The molecule has 0 saturated carbocycles. The third-order valence-corrected chi connectivity index (χ3v) is 3.50. The van der Waals surface area contributed by atoms with Crippen molar-refractivity contribution in [3.05, 3.63) is 41.9 Å². The number of unbranched alkanes of at least 4 members (excludes halogenated alkanes) is 1. The standard InChI is InChI=1S/C17H26NO2/c1-2-3-13-19-14-16-7-9-17(10-8-16)15-20-18-11-5-4-6-12-18/h7-11H,2-6,12-15H2,1H3. The van der Waals surface area contributed by atoms with Gasteiger partial charge in [0.25, 0.3) is 0 Å². The highest BCUT2D eigenvalue weighted by Crippen LogP contribution is 2.15. The number of ether oxygens (including phenoxy) is 1. The topological polar surface area (TPSA) is 21.7 Å². The summed E-state index contributed by atoms with van der Waals surface area (Å²) in [6.07, 6.45) is 5.97. The van der Waals surface area contributed by atoms with Gasteiger partial charge in [0.1, 0.15) is 0 Å². The van der Waals surface area contributed by atoms with Crippen molar-refractivity contribution >= 4 is 0 Å². The van der Waals surface area contributed by atoms with E-state index in [4.69, 9.17) is 9.57 Å². The molecular weight excluding hydrogens is 250 g/mol. The van der Waals surface area contributed by atoms with E-state index in [9.17, 15) is 0 Å². The fraction of sp³-hybridized carbons (Fsp3) is 0.588. The maximum absolute atomic E-state index is 5.77. The molecule has 2 rings (SSSR count). The highest BCUT2D eigenvalue weighted by molar-refractivity contribution is 5.21. The Hall–Kier alpha value is -0.900. The minimum atomic E-state index is 0.646. The zero-order chi connectivity index (χ0) is 14.0. The molecule has 0 aromatic heterocycles. The summed E-state index contributed by atoms with van der Waals surface area (Å²) in [4.78, 5) is 5.77. The summed E-state index contributed by atoms with van der Waals surface area (Å²) in [6.45, 7) is 7.56. The van der Waals surface area contributed by atoms with Gasteiger partial charge in [-0.25, -0.2) is 0 Å². The lowest BCUT2D eigenvalue weighted by molar-refractivity contribution is -0.156. The van der Waals surface area contributed by atoms with Crippen molar-refractivity contribution in [1.29, 1.82) is 0 Å². The van der Waals surface area contributed by atoms with Crippen molar-refractivity contribution in [2.45, 2.75) is 52.2 Å². The molecule has 1 heterocycles. The molecule has 0 atom stereocenters. The average Bonchev–Trinajstić information content (AvgIpc) is 2.52. The lowest BCUT2D eigenvalue weighted by Crippen LogP contribution is -2.25. The zero-order valence-electron chi connectivity index (χ0n) is 12.5. The summed E-state index contributed by atoms with van der Waals surface area (Å²) >= 11 is 0. The van der Waals surface area contributed by atoms with E-state index in [2.05, 4.69) is 37.7 Å². The monoisotopic (exact) mass is 276 g/mol. The largest absolute Gasteiger partial charge is 0.377 e. The molecule has 20 heavy (non-hydrogen) atoms. The number of nitrogens with zero attached hydrogens (tertiary/aromatic N) is 1. The summed E-state index contributed by atoms with van der Waals surface area (Å²) in [6, 6.07) is 8.51.